The van der Waals surface area contributed by atoms with Gasteiger partial charge >= 0.3 is 0 Å². The van der Waals surface area contributed by atoms with Crippen LogP contribution < -0.4 is 5.32 Å². The molecule has 1 atom stereocenters. The van der Waals surface area contributed by atoms with Gasteiger partial charge in [-0.05, 0) is 38.6 Å². The fourth-order valence-corrected chi connectivity index (χ4v) is 1.70. The Labute approximate surface area is 69.3 Å². The Hall–Kier alpha value is -0.0800. The molecule has 0 bridgehead atoms. The summed E-state index contributed by atoms with van der Waals surface area (Å²) in [4.78, 5) is 0. The van der Waals surface area contributed by atoms with Crippen molar-refractivity contribution in [3.05, 3.63) is 0 Å². The van der Waals surface area contributed by atoms with E-state index < -0.39 is 0 Å². The summed E-state index contributed by atoms with van der Waals surface area (Å²) >= 11 is 0. The summed E-state index contributed by atoms with van der Waals surface area (Å²) < 4.78 is 5.24. The summed E-state index contributed by atoms with van der Waals surface area (Å²) in [6, 6.07) is 0. The highest BCUT2D eigenvalue weighted by molar-refractivity contribution is 4.95. The lowest BCUT2D eigenvalue weighted by atomic mass is 9.99. The predicted molar refractivity (Wildman–Crippen MR) is 46.7 cm³/mol. The molecule has 11 heavy (non-hydrogen) atoms. The molecule has 0 radical (unpaired) electrons. The first-order valence-corrected chi connectivity index (χ1v) is 4.40. The first-order valence-electron chi connectivity index (χ1n) is 4.40. The highest BCUT2D eigenvalue weighted by Gasteiger charge is 2.42. The average molecular weight is 157 g/mol. The van der Waals surface area contributed by atoms with E-state index in [0.717, 1.165) is 6.54 Å². The minimum atomic E-state index is 0.422. The van der Waals surface area contributed by atoms with Crippen molar-refractivity contribution >= 4 is 0 Å². The zero-order chi connectivity index (χ0) is 8.32. The molecule has 1 aliphatic rings. The van der Waals surface area contributed by atoms with Crippen molar-refractivity contribution in [3.8, 4) is 0 Å². The van der Waals surface area contributed by atoms with Gasteiger partial charge in [-0.2, -0.15) is 0 Å². The summed E-state index contributed by atoms with van der Waals surface area (Å²) in [7, 11) is 3.82. The smallest absolute Gasteiger partial charge is 0.0549 e. The van der Waals surface area contributed by atoms with Gasteiger partial charge in [-0.15, -0.1) is 0 Å². The Morgan fingerprint density at radius 2 is 2.18 bits per heavy atom. The van der Waals surface area contributed by atoms with E-state index in [4.69, 9.17) is 4.74 Å². The number of nitrogens with one attached hydrogen (secondary N) is 1. The van der Waals surface area contributed by atoms with E-state index in [2.05, 4.69) is 12.2 Å². The topological polar surface area (TPSA) is 21.3 Å². The zero-order valence-electron chi connectivity index (χ0n) is 7.81. The largest absolute Gasteiger partial charge is 0.382 e. The predicted octanol–water partition coefficient (Wildman–Crippen LogP) is 1.41. The molecule has 0 aliphatic heterocycles. The minimum absolute atomic E-state index is 0.422. The third kappa shape index (κ3) is 2.46. The van der Waals surface area contributed by atoms with Crippen LogP contribution in [-0.4, -0.2) is 26.8 Å². The summed E-state index contributed by atoms with van der Waals surface area (Å²) in [5.41, 5.74) is 0.587. The summed E-state index contributed by atoms with van der Waals surface area (Å²) in [5, 5.41) is 3.24. The molecule has 1 N–H and O–H groups in total. The van der Waals surface area contributed by atoms with Crippen LogP contribution in [0.2, 0.25) is 0 Å². The Balaban J connectivity index is 2.23. The van der Waals surface area contributed by atoms with Gasteiger partial charge < -0.3 is 10.1 Å². The van der Waals surface area contributed by atoms with Crippen LogP contribution in [0.3, 0.4) is 0 Å². The number of hydrogen-bond donors (Lipinski definition) is 1. The highest BCUT2D eigenvalue weighted by atomic mass is 16.5. The Bertz CT molecular complexity index is 121. The third-order valence-corrected chi connectivity index (χ3v) is 2.63. The summed E-state index contributed by atoms with van der Waals surface area (Å²) in [5.74, 6) is 0. The van der Waals surface area contributed by atoms with Gasteiger partial charge in [0.05, 0.1) is 6.10 Å². The maximum Gasteiger partial charge on any atom is 0.0549 e. The van der Waals surface area contributed by atoms with E-state index in [1.807, 2.05) is 7.05 Å². The van der Waals surface area contributed by atoms with Crippen molar-refractivity contribution in [1.82, 2.24) is 5.32 Å². The molecule has 0 amide bonds. The number of methoxy groups -OCH3 is 1. The Morgan fingerprint density at radius 3 is 2.55 bits per heavy atom. The maximum atomic E-state index is 5.24. The third-order valence-electron chi connectivity index (χ3n) is 2.63. The molecule has 1 unspecified atom stereocenters. The van der Waals surface area contributed by atoms with Gasteiger partial charge in [-0.3, -0.25) is 0 Å². The average Bonchev–Trinajstić information content (AvgIpc) is 2.70. The van der Waals surface area contributed by atoms with Crippen molar-refractivity contribution < 1.29 is 4.74 Å². The fourth-order valence-electron chi connectivity index (χ4n) is 1.70. The molecular formula is C9H19NO. The van der Waals surface area contributed by atoms with E-state index in [1.54, 1.807) is 7.11 Å². The van der Waals surface area contributed by atoms with Crippen LogP contribution in [0.15, 0.2) is 0 Å². The van der Waals surface area contributed by atoms with Crippen LogP contribution in [0.4, 0.5) is 0 Å². The molecule has 1 fully saturated rings. The van der Waals surface area contributed by atoms with Crippen molar-refractivity contribution in [3.63, 3.8) is 0 Å². The first kappa shape index (κ1) is 9.01. The zero-order valence-corrected chi connectivity index (χ0v) is 7.81. The van der Waals surface area contributed by atoms with Crippen LogP contribution in [0, 0.1) is 5.41 Å². The monoisotopic (exact) mass is 157 g/mol. The van der Waals surface area contributed by atoms with Crippen LogP contribution in [0.1, 0.15) is 26.2 Å². The van der Waals surface area contributed by atoms with Crippen molar-refractivity contribution in [2.75, 3.05) is 20.7 Å². The molecule has 1 rings (SSSR count). The van der Waals surface area contributed by atoms with E-state index in [1.165, 1.54) is 19.3 Å². The molecular weight excluding hydrogens is 138 g/mol. The van der Waals surface area contributed by atoms with Crippen molar-refractivity contribution in [1.29, 1.82) is 0 Å². The second-order valence-corrected chi connectivity index (χ2v) is 3.78. The van der Waals surface area contributed by atoms with Gasteiger partial charge in [0.2, 0.25) is 0 Å². The normalized spacial score (nSPS) is 23.2. The molecule has 2 heteroatoms. The van der Waals surface area contributed by atoms with Gasteiger partial charge in [-0.25, -0.2) is 0 Å². The molecule has 0 aromatic heterocycles. The standard InChI is InChI=1S/C9H19NO/c1-8(11-3)6-9(4-5-9)7-10-2/h8,10H,4-7H2,1-3H3. The lowest BCUT2D eigenvalue weighted by Gasteiger charge is -2.18. The van der Waals surface area contributed by atoms with E-state index >= 15 is 0 Å². The van der Waals surface area contributed by atoms with Gasteiger partial charge in [0.25, 0.3) is 0 Å². The maximum absolute atomic E-state index is 5.24. The van der Waals surface area contributed by atoms with Crippen LogP contribution in [0.5, 0.6) is 0 Å². The van der Waals surface area contributed by atoms with Crippen molar-refractivity contribution in [2.24, 2.45) is 5.41 Å². The summed E-state index contributed by atoms with van der Waals surface area (Å²) in [6.45, 7) is 3.30. The van der Waals surface area contributed by atoms with E-state index in [0.29, 0.717) is 11.5 Å². The van der Waals surface area contributed by atoms with E-state index in [-0.39, 0.29) is 0 Å². The molecule has 1 saturated carbocycles. The quantitative estimate of drug-likeness (QED) is 0.651. The van der Waals surface area contributed by atoms with Crippen LogP contribution >= 0.6 is 0 Å². The van der Waals surface area contributed by atoms with Gasteiger partial charge in [-0.1, -0.05) is 0 Å². The molecule has 0 aromatic carbocycles. The number of hydrogen-bond acceptors (Lipinski definition) is 2. The lowest BCUT2D eigenvalue weighted by molar-refractivity contribution is 0.0906. The van der Waals surface area contributed by atoms with Crippen molar-refractivity contribution in [2.45, 2.75) is 32.3 Å². The second-order valence-electron chi connectivity index (χ2n) is 3.78. The Kier molecular flexibility index (Phi) is 2.90. The Morgan fingerprint density at radius 1 is 1.55 bits per heavy atom. The molecule has 0 saturated heterocycles. The molecule has 1 aliphatic carbocycles. The molecule has 0 aromatic rings. The van der Waals surface area contributed by atoms with Gasteiger partial charge in [0.15, 0.2) is 0 Å². The van der Waals surface area contributed by atoms with Gasteiger partial charge in [0.1, 0.15) is 0 Å². The number of ether oxygens (including phenoxy) is 1. The lowest BCUT2D eigenvalue weighted by Crippen LogP contribution is -2.24. The molecule has 66 valence electrons. The molecule has 0 heterocycles. The van der Waals surface area contributed by atoms with E-state index in [9.17, 15) is 0 Å². The summed E-state index contributed by atoms with van der Waals surface area (Å²) in [6.07, 6.45) is 4.39. The van der Waals surface area contributed by atoms with Crippen LogP contribution in [0.25, 0.3) is 0 Å². The highest BCUT2D eigenvalue weighted by Crippen LogP contribution is 2.49. The van der Waals surface area contributed by atoms with Gasteiger partial charge in [0, 0.05) is 13.7 Å². The second kappa shape index (κ2) is 3.55. The fraction of sp³-hybridized carbons (Fsp3) is 1.00. The number of rotatable bonds is 5. The SMILES string of the molecule is CNCC1(CC(C)OC)CC1. The molecule has 0 spiro atoms. The molecule has 2 nitrogen and oxygen atoms in total. The minimum Gasteiger partial charge on any atom is -0.382 e. The van der Waals surface area contributed by atoms with Crippen LogP contribution in [-0.2, 0) is 4.74 Å². The first-order chi connectivity index (χ1) is 5.22.